The van der Waals surface area contributed by atoms with Gasteiger partial charge in [-0.1, -0.05) is 6.07 Å². The van der Waals surface area contributed by atoms with Crippen molar-refractivity contribution in [3.05, 3.63) is 47.9 Å². The van der Waals surface area contributed by atoms with Crippen LogP contribution < -0.4 is 10.1 Å². The van der Waals surface area contributed by atoms with Crippen molar-refractivity contribution in [3.63, 3.8) is 0 Å². The second kappa shape index (κ2) is 7.09. The third kappa shape index (κ3) is 3.63. The van der Waals surface area contributed by atoms with Gasteiger partial charge in [0.2, 0.25) is 5.69 Å². The molecule has 0 aliphatic carbocycles. The number of carbonyl (C=O) groups is 1. The smallest absolute Gasteiger partial charge is 0.322 e. The average molecular weight is 345 g/mol. The van der Waals surface area contributed by atoms with Crippen LogP contribution in [0.1, 0.15) is 12.1 Å². The minimum atomic E-state index is -0.849. The standard InChI is InChI=1S/C16H13F2N5O2/c17-11-2-1-3-12(18)14(11)22-16(24)23-7-4-10(9-23)25-15-13(8-19)20-5-6-21-15/h1-3,5-6,10H,4,7,9H2,(H,22,24). The number of hydrogen-bond donors (Lipinski definition) is 1. The highest BCUT2D eigenvalue weighted by atomic mass is 19.1. The van der Waals surface area contributed by atoms with Crippen molar-refractivity contribution >= 4 is 11.7 Å². The van der Waals surface area contributed by atoms with Gasteiger partial charge in [0.05, 0.1) is 6.54 Å². The number of amides is 2. The number of para-hydroxylation sites is 1. The van der Waals surface area contributed by atoms with Gasteiger partial charge >= 0.3 is 6.03 Å². The molecule has 3 rings (SSSR count). The molecule has 1 aliphatic rings. The molecule has 0 saturated carbocycles. The fourth-order valence-corrected chi connectivity index (χ4v) is 2.46. The maximum absolute atomic E-state index is 13.6. The summed E-state index contributed by atoms with van der Waals surface area (Å²) in [5, 5.41) is 11.2. The van der Waals surface area contributed by atoms with E-state index in [9.17, 15) is 13.6 Å². The van der Waals surface area contributed by atoms with Gasteiger partial charge in [-0.15, -0.1) is 0 Å². The molecule has 0 spiro atoms. The van der Waals surface area contributed by atoms with Crippen LogP contribution in [0.2, 0.25) is 0 Å². The van der Waals surface area contributed by atoms with Crippen LogP contribution in [0.4, 0.5) is 19.3 Å². The van der Waals surface area contributed by atoms with E-state index in [-0.39, 0.29) is 24.2 Å². The Balaban J connectivity index is 1.63. The third-order valence-electron chi connectivity index (χ3n) is 3.68. The molecule has 128 valence electrons. The first-order valence-electron chi connectivity index (χ1n) is 7.46. The lowest BCUT2D eigenvalue weighted by atomic mass is 10.3. The van der Waals surface area contributed by atoms with Crippen LogP contribution in [0, 0.1) is 23.0 Å². The summed E-state index contributed by atoms with van der Waals surface area (Å²) in [5.41, 5.74) is -0.434. The number of ether oxygens (including phenoxy) is 1. The van der Waals surface area contributed by atoms with Crippen LogP contribution in [0.15, 0.2) is 30.6 Å². The molecule has 0 bridgehead atoms. The van der Waals surface area contributed by atoms with Crippen molar-refractivity contribution in [2.75, 3.05) is 18.4 Å². The molecule has 1 aliphatic heterocycles. The molecule has 7 nitrogen and oxygen atoms in total. The summed E-state index contributed by atoms with van der Waals surface area (Å²) in [7, 11) is 0. The number of nitrogens with zero attached hydrogens (tertiary/aromatic N) is 4. The Morgan fingerprint density at radius 1 is 1.32 bits per heavy atom. The van der Waals surface area contributed by atoms with Crippen molar-refractivity contribution in [1.29, 1.82) is 5.26 Å². The van der Waals surface area contributed by atoms with Gasteiger partial charge in [0.25, 0.3) is 5.88 Å². The van der Waals surface area contributed by atoms with Gasteiger partial charge in [0.15, 0.2) is 0 Å². The van der Waals surface area contributed by atoms with Crippen LogP contribution in [0.5, 0.6) is 5.88 Å². The van der Waals surface area contributed by atoms with E-state index in [1.54, 1.807) is 0 Å². The van der Waals surface area contributed by atoms with E-state index in [1.807, 2.05) is 6.07 Å². The Hall–Kier alpha value is -3.28. The zero-order chi connectivity index (χ0) is 17.8. The fraction of sp³-hybridized carbons (Fsp3) is 0.250. The quantitative estimate of drug-likeness (QED) is 0.922. The van der Waals surface area contributed by atoms with E-state index in [2.05, 4.69) is 15.3 Å². The van der Waals surface area contributed by atoms with Crippen LogP contribution in [-0.2, 0) is 0 Å². The van der Waals surface area contributed by atoms with Crippen molar-refractivity contribution in [2.45, 2.75) is 12.5 Å². The zero-order valence-electron chi connectivity index (χ0n) is 12.9. The SMILES string of the molecule is N#Cc1nccnc1OC1CCN(C(=O)Nc2c(F)cccc2F)C1. The predicted octanol–water partition coefficient (Wildman–Crippen LogP) is 2.31. The number of anilines is 1. The number of nitrogens with one attached hydrogen (secondary N) is 1. The highest BCUT2D eigenvalue weighted by Crippen LogP contribution is 2.21. The van der Waals surface area contributed by atoms with Gasteiger partial charge in [-0.3, -0.25) is 0 Å². The topological polar surface area (TPSA) is 91.1 Å². The normalized spacial score (nSPS) is 16.4. The predicted molar refractivity (Wildman–Crippen MR) is 82.7 cm³/mol. The molecule has 1 aromatic heterocycles. The summed E-state index contributed by atoms with van der Waals surface area (Å²) in [6.45, 7) is 0.540. The lowest BCUT2D eigenvalue weighted by Gasteiger charge is -2.18. The first-order chi connectivity index (χ1) is 12.1. The summed E-state index contributed by atoms with van der Waals surface area (Å²) < 4.78 is 32.8. The van der Waals surface area contributed by atoms with Crippen molar-refractivity contribution < 1.29 is 18.3 Å². The van der Waals surface area contributed by atoms with Crippen LogP contribution in [0.3, 0.4) is 0 Å². The van der Waals surface area contributed by atoms with Crippen LogP contribution in [0.25, 0.3) is 0 Å². The Bertz CT molecular complexity index is 819. The van der Waals surface area contributed by atoms with Gasteiger partial charge < -0.3 is 15.0 Å². The van der Waals surface area contributed by atoms with Crippen molar-refractivity contribution in [1.82, 2.24) is 14.9 Å². The van der Waals surface area contributed by atoms with Crippen LogP contribution in [-0.4, -0.2) is 40.1 Å². The van der Waals surface area contributed by atoms with E-state index >= 15 is 0 Å². The summed E-state index contributed by atoms with van der Waals surface area (Å²) in [5.74, 6) is -1.60. The lowest BCUT2D eigenvalue weighted by Crippen LogP contribution is -2.35. The second-order valence-corrected chi connectivity index (χ2v) is 5.32. The van der Waals surface area contributed by atoms with Gasteiger partial charge in [-0.25, -0.2) is 23.5 Å². The van der Waals surface area contributed by atoms with E-state index in [4.69, 9.17) is 10.00 Å². The zero-order valence-corrected chi connectivity index (χ0v) is 12.9. The minimum absolute atomic E-state index is 0.0545. The Kier molecular flexibility index (Phi) is 4.70. The molecule has 9 heteroatoms. The highest BCUT2D eigenvalue weighted by molar-refractivity contribution is 5.89. The first kappa shape index (κ1) is 16.6. The van der Waals surface area contributed by atoms with E-state index in [0.29, 0.717) is 13.0 Å². The average Bonchev–Trinajstić information content (AvgIpc) is 3.07. The monoisotopic (exact) mass is 345 g/mol. The molecule has 1 N–H and O–H groups in total. The molecule has 0 radical (unpaired) electrons. The number of halogens is 2. The van der Waals surface area contributed by atoms with Gasteiger partial charge in [-0.2, -0.15) is 5.26 Å². The third-order valence-corrected chi connectivity index (χ3v) is 3.68. The molecule has 1 fully saturated rings. The summed E-state index contributed by atoms with van der Waals surface area (Å²) >= 11 is 0. The maximum atomic E-state index is 13.6. The number of hydrogen-bond acceptors (Lipinski definition) is 5. The van der Waals surface area contributed by atoms with E-state index < -0.39 is 23.4 Å². The van der Waals surface area contributed by atoms with Gasteiger partial charge in [0, 0.05) is 25.4 Å². The number of urea groups is 1. The van der Waals surface area contributed by atoms with Gasteiger partial charge in [-0.05, 0) is 12.1 Å². The molecule has 1 unspecified atom stereocenters. The molecule has 1 atom stereocenters. The molecule has 2 heterocycles. The molecular formula is C16H13F2N5O2. The van der Waals surface area contributed by atoms with E-state index in [1.165, 1.54) is 23.4 Å². The highest BCUT2D eigenvalue weighted by Gasteiger charge is 2.29. The van der Waals surface area contributed by atoms with E-state index in [0.717, 1.165) is 12.1 Å². The molecule has 25 heavy (non-hydrogen) atoms. The molecule has 1 saturated heterocycles. The number of aromatic nitrogens is 2. The molecule has 2 aromatic rings. The van der Waals surface area contributed by atoms with Crippen molar-refractivity contribution in [2.24, 2.45) is 0 Å². The van der Waals surface area contributed by atoms with Gasteiger partial charge in [0.1, 0.15) is 29.5 Å². The lowest BCUT2D eigenvalue weighted by molar-refractivity contribution is 0.189. The fourth-order valence-electron chi connectivity index (χ4n) is 2.46. The summed E-state index contributed by atoms with van der Waals surface area (Å²) in [4.78, 5) is 21.4. The Morgan fingerprint density at radius 2 is 2.04 bits per heavy atom. The number of nitriles is 1. The Morgan fingerprint density at radius 3 is 2.76 bits per heavy atom. The van der Waals surface area contributed by atoms with Crippen molar-refractivity contribution in [3.8, 4) is 11.9 Å². The summed E-state index contributed by atoms with van der Waals surface area (Å²) in [6, 6.07) is 4.58. The molecular weight excluding hydrogens is 332 g/mol. The Labute approximate surface area is 141 Å². The molecule has 1 aromatic carbocycles. The first-order valence-corrected chi connectivity index (χ1v) is 7.46. The maximum Gasteiger partial charge on any atom is 0.322 e. The van der Waals surface area contributed by atoms with Crippen LogP contribution >= 0.6 is 0 Å². The number of likely N-dealkylation sites (tertiary alicyclic amines) is 1. The number of carbonyl (C=O) groups excluding carboxylic acids is 1. The molecule has 2 amide bonds. The number of rotatable bonds is 3. The number of benzene rings is 1. The second-order valence-electron chi connectivity index (χ2n) is 5.32. The summed E-state index contributed by atoms with van der Waals surface area (Å²) in [6.07, 6.45) is 2.88. The largest absolute Gasteiger partial charge is 0.470 e. The minimum Gasteiger partial charge on any atom is -0.470 e.